The molecule has 0 radical (unpaired) electrons. The molecule has 3 aromatic rings. The van der Waals surface area contributed by atoms with Crippen molar-refractivity contribution < 1.29 is 9.18 Å². The number of rotatable bonds is 4. The Kier molecular flexibility index (Phi) is 5.58. The molecule has 3 heterocycles. The van der Waals surface area contributed by atoms with E-state index in [9.17, 15) is 9.18 Å². The monoisotopic (exact) mass is 413 g/mol. The summed E-state index contributed by atoms with van der Waals surface area (Å²) in [5, 5.41) is 7.91. The Balaban J connectivity index is 1.74. The molecule has 1 amide bonds. The molecule has 1 saturated heterocycles. The highest BCUT2D eigenvalue weighted by atomic mass is 35.5. The molecule has 1 aliphatic rings. The predicted octanol–water partition coefficient (Wildman–Crippen LogP) is 4.44. The van der Waals surface area contributed by atoms with Crippen LogP contribution < -0.4 is 0 Å². The van der Waals surface area contributed by atoms with Crippen LogP contribution in [0.15, 0.2) is 36.8 Å². The van der Waals surface area contributed by atoms with Crippen LogP contribution in [0.5, 0.6) is 0 Å². The third-order valence-corrected chi connectivity index (χ3v) is 5.61. The smallest absolute Gasteiger partial charge is 0.222 e. The van der Waals surface area contributed by atoms with Crippen molar-refractivity contribution in [3.63, 3.8) is 0 Å². The van der Waals surface area contributed by atoms with Crippen LogP contribution in [-0.4, -0.2) is 44.1 Å². The molecular formula is C21H21ClFN5O. The molecule has 1 N–H and O–H groups in total. The Morgan fingerprint density at radius 1 is 1.31 bits per heavy atom. The van der Waals surface area contributed by atoms with E-state index in [-0.39, 0.29) is 11.8 Å². The van der Waals surface area contributed by atoms with Crippen molar-refractivity contribution in [3.8, 4) is 22.5 Å². The van der Waals surface area contributed by atoms with Crippen LogP contribution in [0.3, 0.4) is 0 Å². The summed E-state index contributed by atoms with van der Waals surface area (Å²) in [6.07, 6.45) is 5.27. The first-order valence-electron chi connectivity index (χ1n) is 9.66. The van der Waals surface area contributed by atoms with Gasteiger partial charge in [0.1, 0.15) is 17.8 Å². The van der Waals surface area contributed by atoms with Crippen LogP contribution in [0.4, 0.5) is 4.39 Å². The van der Waals surface area contributed by atoms with Gasteiger partial charge in [0.15, 0.2) is 0 Å². The van der Waals surface area contributed by atoms with Gasteiger partial charge in [-0.05, 0) is 37.1 Å². The SMILES string of the molecule is CCC(=O)N1CCC(c2[nH]nc(-c3ccc(Cl)cc3F)c2-c2ccncn2)CC1. The lowest BCUT2D eigenvalue weighted by molar-refractivity contribution is -0.131. The lowest BCUT2D eigenvalue weighted by atomic mass is 9.88. The predicted molar refractivity (Wildman–Crippen MR) is 109 cm³/mol. The van der Waals surface area contributed by atoms with Crippen LogP contribution in [-0.2, 0) is 4.79 Å². The molecule has 1 aliphatic heterocycles. The summed E-state index contributed by atoms with van der Waals surface area (Å²) in [5.74, 6) is -0.0836. The Hall–Kier alpha value is -2.80. The van der Waals surface area contributed by atoms with Crippen LogP contribution in [0.25, 0.3) is 22.5 Å². The summed E-state index contributed by atoms with van der Waals surface area (Å²) in [7, 11) is 0. The Morgan fingerprint density at radius 2 is 2.10 bits per heavy atom. The average Bonchev–Trinajstić information content (AvgIpc) is 3.18. The minimum Gasteiger partial charge on any atom is -0.343 e. The van der Waals surface area contributed by atoms with E-state index in [1.165, 1.54) is 12.4 Å². The third-order valence-electron chi connectivity index (χ3n) is 5.38. The largest absolute Gasteiger partial charge is 0.343 e. The van der Waals surface area contributed by atoms with Gasteiger partial charge in [0.2, 0.25) is 5.91 Å². The Morgan fingerprint density at radius 3 is 2.76 bits per heavy atom. The fourth-order valence-corrected chi connectivity index (χ4v) is 4.03. The molecule has 0 saturated carbocycles. The number of aromatic amines is 1. The minimum atomic E-state index is -0.436. The lowest BCUT2D eigenvalue weighted by Gasteiger charge is -2.31. The van der Waals surface area contributed by atoms with E-state index in [0.29, 0.717) is 41.5 Å². The number of hydrogen-bond acceptors (Lipinski definition) is 4. The first-order chi connectivity index (χ1) is 14.1. The van der Waals surface area contributed by atoms with Crippen molar-refractivity contribution in [2.24, 2.45) is 0 Å². The van der Waals surface area contributed by atoms with Crippen molar-refractivity contribution in [2.75, 3.05) is 13.1 Å². The van der Waals surface area contributed by atoms with Gasteiger partial charge in [0.05, 0.1) is 5.69 Å². The molecule has 4 rings (SSSR count). The molecule has 6 nitrogen and oxygen atoms in total. The number of benzene rings is 1. The Bertz CT molecular complexity index is 1020. The van der Waals surface area contributed by atoms with Gasteiger partial charge in [-0.15, -0.1) is 0 Å². The summed E-state index contributed by atoms with van der Waals surface area (Å²) in [5.41, 5.74) is 3.23. The van der Waals surface area contributed by atoms with E-state index in [0.717, 1.165) is 24.1 Å². The number of hydrogen-bond donors (Lipinski definition) is 1. The number of nitrogens with zero attached hydrogens (tertiary/aromatic N) is 4. The second-order valence-electron chi connectivity index (χ2n) is 7.09. The highest BCUT2D eigenvalue weighted by Gasteiger charge is 2.29. The van der Waals surface area contributed by atoms with Gasteiger partial charge in [0.25, 0.3) is 0 Å². The molecule has 0 unspecified atom stereocenters. The van der Waals surface area contributed by atoms with E-state index >= 15 is 0 Å². The average molecular weight is 414 g/mol. The van der Waals surface area contributed by atoms with Crippen LogP contribution in [0.2, 0.25) is 5.02 Å². The molecule has 150 valence electrons. The van der Waals surface area contributed by atoms with Crippen molar-refractivity contribution in [1.82, 2.24) is 25.1 Å². The van der Waals surface area contributed by atoms with E-state index in [1.807, 2.05) is 11.8 Å². The number of amides is 1. The number of carbonyl (C=O) groups excluding carboxylic acids is 1. The molecule has 0 bridgehead atoms. The molecule has 0 spiro atoms. The number of carbonyl (C=O) groups is 1. The van der Waals surface area contributed by atoms with Crippen molar-refractivity contribution in [1.29, 1.82) is 0 Å². The fourth-order valence-electron chi connectivity index (χ4n) is 3.87. The summed E-state index contributed by atoms with van der Waals surface area (Å²) >= 11 is 5.92. The molecule has 1 aromatic carbocycles. The standard InChI is InChI=1S/C21H21ClFN5O/c1-2-18(29)28-9-6-13(7-10-28)20-19(17-5-8-24-12-25-17)21(27-26-20)15-4-3-14(22)11-16(15)23/h3-5,8,11-13H,2,6-7,9-10H2,1H3,(H,26,27). The number of piperidine rings is 1. The van der Waals surface area contributed by atoms with E-state index in [1.54, 1.807) is 24.4 Å². The molecule has 1 fully saturated rings. The number of aromatic nitrogens is 4. The van der Waals surface area contributed by atoms with Crippen molar-refractivity contribution in [2.45, 2.75) is 32.1 Å². The quantitative estimate of drug-likeness (QED) is 0.686. The third kappa shape index (κ3) is 3.87. The van der Waals surface area contributed by atoms with Crippen LogP contribution in [0.1, 0.15) is 37.8 Å². The number of halogens is 2. The van der Waals surface area contributed by atoms with Crippen LogP contribution in [0, 0.1) is 5.82 Å². The molecule has 29 heavy (non-hydrogen) atoms. The van der Waals surface area contributed by atoms with E-state index in [4.69, 9.17) is 11.6 Å². The maximum Gasteiger partial charge on any atom is 0.222 e. The number of likely N-dealkylation sites (tertiary alicyclic amines) is 1. The zero-order chi connectivity index (χ0) is 20.4. The van der Waals surface area contributed by atoms with Gasteiger partial charge in [-0.1, -0.05) is 18.5 Å². The summed E-state index contributed by atoms with van der Waals surface area (Å²) in [6.45, 7) is 3.28. The van der Waals surface area contributed by atoms with Gasteiger partial charge in [-0.3, -0.25) is 9.89 Å². The number of H-pyrrole nitrogens is 1. The van der Waals surface area contributed by atoms with Crippen LogP contribution >= 0.6 is 11.6 Å². The van der Waals surface area contributed by atoms with Gasteiger partial charge in [-0.2, -0.15) is 5.10 Å². The lowest BCUT2D eigenvalue weighted by Crippen LogP contribution is -2.37. The van der Waals surface area contributed by atoms with E-state index < -0.39 is 5.82 Å². The zero-order valence-electron chi connectivity index (χ0n) is 16.0. The van der Waals surface area contributed by atoms with Crippen molar-refractivity contribution >= 4 is 17.5 Å². The van der Waals surface area contributed by atoms with Gasteiger partial charge in [-0.25, -0.2) is 14.4 Å². The maximum atomic E-state index is 14.6. The fraction of sp³-hybridized carbons (Fsp3) is 0.333. The molecule has 8 heteroatoms. The molecule has 0 atom stereocenters. The molecule has 2 aromatic heterocycles. The van der Waals surface area contributed by atoms with Gasteiger partial charge < -0.3 is 4.90 Å². The summed E-state index contributed by atoms with van der Waals surface area (Å²) in [6, 6.07) is 6.35. The first kappa shape index (κ1) is 19.5. The highest BCUT2D eigenvalue weighted by Crippen LogP contribution is 2.40. The maximum absolute atomic E-state index is 14.6. The van der Waals surface area contributed by atoms with E-state index in [2.05, 4.69) is 20.2 Å². The summed E-state index contributed by atoms with van der Waals surface area (Å²) < 4.78 is 14.6. The Labute approximate surface area is 173 Å². The molecular weight excluding hydrogens is 393 g/mol. The molecule has 0 aliphatic carbocycles. The van der Waals surface area contributed by atoms with Crippen molar-refractivity contribution in [3.05, 3.63) is 53.3 Å². The minimum absolute atomic E-state index is 0.174. The normalized spacial score (nSPS) is 14.9. The first-order valence-corrected chi connectivity index (χ1v) is 10.0. The summed E-state index contributed by atoms with van der Waals surface area (Å²) in [4.78, 5) is 22.3. The zero-order valence-corrected chi connectivity index (χ0v) is 16.8. The second-order valence-corrected chi connectivity index (χ2v) is 7.52. The second kappa shape index (κ2) is 8.29. The number of nitrogens with one attached hydrogen (secondary N) is 1. The van der Waals surface area contributed by atoms with Gasteiger partial charge in [0, 0.05) is 53.5 Å². The van der Waals surface area contributed by atoms with Gasteiger partial charge >= 0.3 is 0 Å². The topological polar surface area (TPSA) is 74.8 Å². The highest BCUT2D eigenvalue weighted by molar-refractivity contribution is 6.30.